The predicted octanol–water partition coefficient (Wildman–Crippen LogP) is 9.11. The summed E-state index contributed by atoms with van der Waals surface area (Å²) in [7, 11) is 0. The van der Waals surface area contributed by atoms with Crippen molar-refractivity contribution >= 4 is 33.1 Å². The van der Waals surface area contributed by atoms with Crippen molar-refractivity contribution < 1.29 is 0 Å². The van der Waals surface area contributed by atoms with Gasteiger partial charge in [-0.1, -0.05) is 84.0 Å². The molecule has 2 heterocycles. The normalized spacial score (nSPS) is 12.7. The van der Waals surface area contributed by atoms with Crippen LogP contribution in [0, 0.1) is 0 Å². The molecule has 5 rings (SSSR count). The van der Waals surface area contributed by atoms with Gasteiger partial charge >= 0.3 is 0 Å². The molecule has 0 atom stereocenters. The smallest absolute Gasteiger partial charge is 0.0541 e. The average Bonchev–Trinajstić information content (AvgIpc) is 3.36. The van der Waals surface area contributed by atoms with Crippen molar-refractivity contribution in [1.29, 1.82) is 0 Å². The Bertz CT molecular complexity index is 1430. The van der Waals surface area contributed by atoms with Gasteiger partial charge in [0.25, 0.3) is 0 Å². The number of fused-ring (bicyclic) bond motifs is 3. The molecule has 0 bridgehead atoms. The SMILES string of the molecule is CC(C)(C)c1ccc(-c2ccc3c(c2)c2ccccc2n3-c2ccccc2C(C)(C)C)s1. The average molecular weight is 438 g/mol. The monoisotopic (exact) mass is 437 g/mol. The lowest BCUT2D eigenvalue weighted by molar-refractivity contribution is 0.587. The molecular weight excluding hydrogens is 406 g/mol. The third-order valence-corrected chi connectivity index (χ3v) is 7.82. The molecule has 0 radical (unpaired) electrons. The van der Waals surface area contributed by atoms with E-state index in [9.17, 15) is 0 Å². The third kappa shape index (κ3) is 3.47. The zero-order valence-electron chi connectivity index (χ0n) is 19.9. The molecule has 0 saturated heterocycles. The topological polar surface area (TPSA) is 4.93 Å². The Morgan fingerprint density at radius 2 is 1.31 bits per heavy atom. The van der Waals surface area contributed by atoms with Gasteiger partial charge in [-0.15, -0.1) is 11.3 Å². The quantitative estimate of drug-likeness (QED) is 0.259. The minimum Gasteiger partial charge on any atom is -0.309 e. The standard InChI is InChI=1S/C30H31NS/c1-29(2,3)23-12-8-10-14-26(23)31-24-13-9-7-11-21(24)22-19-20(15-16-25(22)31)27-17-18-28(32-27)30(4,5)6/h7-19H,1-6H3. The van der Waals surface area contributed by atoms with Gasteiger partial charge in [0.15, 0.2) is 0 Å². The lowest BCUT2D eigenvalue weighted by atomic mass is 9.85. The molecule has 0 aliphatic rings. The van der Waals surface area contributed by atoms with E-state index in [0.717, 1.165) is 0 Å². The first-order valence-electron chi connectivity index (χ1n) is 11.4. The summed E-state index contributed by atoms with van der Waals surface area (Å²) in [6, 6.07) is 29.2. The van der Waals surface area contributed by atoms with Crippen molar-refractivity contribution in [2.75, 3.05) is 0 Å². The highest BCUT2D eigenvalue weighted by atomic mass is 32.1. The number of hydrogen-bond donors (Lipinski definition) is 0. The summed E-state index contributed by atoms with van der Waals surface area (Å²) < 4.78 is 2.45. The molecular formula is C30H31NS. The maximum absolute atomic E-state index is 2.45. The van der Waals surface area contributed by atoms with E-state index in [-0.39, 0.29) is 10.8 Å². The van der Waals surface area contributed by atoms with Crippen LogP contribution >= 0.6 is 11.3 Å². The van der Waals surface area contributed by atoms with Crippen LogP contribution in [0.2, 0.25) is 0 Å². The lowest BCUT2D eigenvalue weighted by Gasteiger charge is -2.24. The Balaban J connectivity index is 1.78. The number of para-hydroxylation sites is 2. The molecule has 0 aliphatic carbocycles. The first-order valence-corrected chi connectivity index (χ1v) is 12.2. The minimum atomic E-state index is 0.0640. The zero-order chi connectivity index (χ0) is 22.7. The van der Waals surface area contributed by atoms with E-state index in [4.69, 9.17) is 0 Å². The number of rotatable bonds is 2. The van der Waals surface area contributed by atoms with E-state index in [1.807, 2.05) is 11.3 Å². The van der Waals surface area contributed by atoms with Crippen molar-refractivity contribution in [3.05, 3.63) is 89.3 Å². The van der Waals surface area contributed by atoms with Gasteiger partial charge in [-0.2, -0.15) is 0 Å². The first kappa shape index (κ1) is 21.0. The van der Waals surface area contributed by atoms with Crippen molar-refractivity contribution in [1.82, 2.24) is 4.57 Å². The molecule has 0 N–H and O–H groups in total. The van der Waals surface area contributed by atoms with E-state index in [0.29, 0.717) is 0 Å². The van der Waals surface area contributed by atoms with Crippen LogP contribution in [0.15, 0.2) is 78.9 Å². The molecule has 32 heavy (non-hydrogen) atoms. The predicted molar refractivity (Wildman–Crippen MR) is 141 cm³/mol. The van der Waals surface area contributed by atoms with E-state index >= 15 is 0 Å². The Hall–Kier alpha value is -2.84. The molecule has 0 amide bonds. The van der Waals surface area contributed by atoms with Crippen LogP contribution in [0.5, 0.6) is 0 Å². The van der Waals surface area contributed by atoms with E-state index < -0.39 is 0 Å². The van der Waals surface area contributed by atoms with Gasteiger partial charge in [-0.3, -0.25) is 0 Å². The molecule has 162 valence electrons. The summed E-state index contributed by atoms with van der Waals surface area (Å²) in [5.41, 5.74) is 6.70. The van der Waals surface area contributed by atoms with Crippen LogP contribution in [-0.4, -0.2) is 4.57 Å². The molecule has 0 fully saturated rings. The highest BCUT2D eigenvalue weighted by molar-refractivity contribution is 7.15. The van der Waals surface area contributed by atoms with Crippen LogP contribution in [0.1, 0.15) is 52.0 Å². The van der Waals surface area contributed by atoms with Gasteiger partial charge in [0.2, 0.25) is 0 Å². The lowest BCUT2D eigenvalue weighted by Crippen LogP contribution is -2.15. The Kier molecular flexibility index (Phi) is 4.83. The molecule has 0 saturated carbocycles. The zero-order valence-corrected chi connectivity index (χ0v) is 20.7. The second kappa shape index (κ2) is 7.35. The van der Waals surface area contributed by atoms with E-state index in [1.54, 1.807) is 0 Å². The largest absolute Gasteiger partial charge is 0.309 e. The van der Waals surface area contributed by atoms with Gasteiger partial charge in [-0.25, -0.2) is 0 Å². The molecule has 0 spiro atoms. The molecule has 3 aromatic carbocycles. The summed E-state index contributed by atoms with van der Waals surface area (Å²) in [5, 5.41) is 2.62. The summed E-state index contributed by atoms with van der Waals surface area (Å²) in [6.45, 7) is 13.7. The maximum atomic E-state index is 2.45. The van der Waals surface area contributed by atoms with Crippen LogP contribution < -0.4 is 0 Å². The second-order valence-electron chi connectivity index (χ2n) is 10.8. The van der Waals surface area contributed by atoms with E-state index in [2.05, 4.69) is 125 Å². The molecule has 5 aromatic rings. The molecule has 2 aromatic heterocycles. The summed E-state index contributed by atoms with van der Waals surface area (Å²) in [4.78, 5) is 2.76. The van der Waals surface area contributed by atoms with Crippen molar-refractivity contribution in [3.63, 3.8) is 0 Å². The maximum Gasteiger partial charge on any atom is 0.0541 e. The van der Waals surface area contributed by atoms with Gasteiger partial charge in [0.1, 0.15) is 0 Å². The summed E-state index contributed by atoms with van der Waals surface area (Å²) in [6.07, 6.45) is 0. The number of hydrogen-bond acceptors (Lipinski definition) is 1. The molecule has 2 heteroatoms. The Morgan fingerprint density at radius 1 is 0.625 bits per heavy atom. The fourth-order valence-corrected chi connectivity index (χ4v) is 5.64. The molecule has 1 nitrogen and oxygen atoms in total. The number of benzene rings is 3. The molecule has 0 unspecified atom stereocenters. The number of nitrogens with zero attached hydrogens (tertiary/aromatic N) is 1. The Labute approximate surface area is 195 Å². The molecule has 0 aliphatic heterocycles. The van der Waals surface area contributed by atoms with Gasteiger partial charge < -0.3 is 4.57 Å². The Morgan fingerprint density at radius 3 is 2.03 bits per heavy atom. The number of aromatic nitrogens is 1. The van der Waals surface area contributed by atoms with Crippen molar-refractivity contribution in [3.8, 4) is 16.1 Å². The highest BCUT2D eigenvalue weighted by Crippen LogP contribution is 2.40. The fourth-order valence-electron chi connectivity index (χ4n) is 4.58. The van der Waals surface area contributed by atoms with Crippen LogP contribution in [0.3, 0.4) is 0 Å². The van der Waals surface area contributed by atoms with E-state index in [1.165, 1.54) is 48.4 Å². The van der Waals surface area contributed by atoms with Crippen molar-refractivity contribution in [2.24, 2.45) is 0 Å². The highest BCUT2D eigenvalue weighted by Gasteiger charge is 2.22. The first-order chi connectivity index (χ1) is 15.1. The van der Waals surface area contributed by atoms with Gasteiger partial charge in [-0.05, 0) is 58.4 Å². The van der Waals surface area contributed by atoms with Crippen LogP contribution in [0.4, 0.5) is 0 Å². The van der Waals surface area contributed by atoms with Gasteiger partial charge in [0, 0.05) is 26.2 Å². The number of thiophene rings is 1. The minimum absolute atomic E-state index is 0.0640. The summed E-state index contributed by atoms with van der Waals surface area (Å²) >= 11 is 1.91. The van der Waals surface area contributed by atoms with Crippen molar-refractivity contribution in [2.45, 2.75) is 52.4 Å². The van der Waals surface area contributed by atoms with Gasteiger partial charge in [0.05, 0.1) is 11.0 Å². The third-order valence-electron chi connectivity index (χ3n) is 6.26. The summed E-state index contributed by atoms with van der Waals surface area (Å²) in [5.74, 6) is 0. The van der Waals surface area contributed by atoms with Crippen LogP contribution in [-0.2, 0) is 10.8 Å². The second-order valence-corrected chi connectivity index (χ2v) is 11.8. The van der Waals surface area contributed by atoms with Crippen LogP contribution in [0.25, 0.3) is 37.9 Å². The fraction of sp³-hybridized carbons (Fsp3) is 0.267.